The molecule has 0 fully saturated rings. The second-order valence-corrected chi connectivity index (χ2v) is 9.58. The lowest BCUT2D eigenvalue weighted by Gasteiger charge is -2.19. The summed E-state index contributed by atoms with van der Waals surface area (Å²) in [4.78, 5) is 23.2. The van der Waals surface area contributed by atoms with E-state index in [0.717, 1.165) is 39.3 Å². The molecule has 0 spiro atoms. The van der Waals surface area contributed by atoms with Crippen LogP contribution < -0.4 is 5.32 Å². The minimum Gasteiger partial charge on any atom is -0.465 e. The van der Waals surface area contributed by atoms with Crippen molar-refractivity contribution in [3.63, 3.8) is 0 Å². The Morgan fingerprint density at radius 3 is 2.44 bits per heavy atom. The minimum atomic E-state index is -4.26. The molecule has 1 atom stereocenters. The molecule has 4 N–H and O–H groups in total. The monoisotopic (exact) mass is 489 g/mol. The molecule has 3 aromatic rings. The number of carbonyl (C=O) groups is 1. The molecule has 34 heavy (non-hydrogen) atoms. The largest absolute Gasteiger partial charge is 0.465 e. The van der Waals surface area contributed by atoms with Crippen molar-refractivity contribution in [2.45, 2.75) is 51.5 Å². The van der Waals surface area contributed by atoms with Crippen LogP contribution in [0.3, 0.4) is 0 Å². The normalized spacial score (nSPS) is 12.8. The Balaban J connectivity index is 1.67. The molecule has 10 nitrogen and oxygen atoms in total. The van der Waals surface area contributed by atoms with Crippen molar-refractivity contribution < 1.29 is 22.9 Å². The maximum absolute atomic E-state index is 11.6. The highest BCUT2D eigenvalue weighted by Crippen LogP contribution is 2.25. The number of unbranched alkanes of at least 4 members (excludes halogenated alkanes) is 3. The van der Waals surface area contributed by atoms with Crippen LogP contribution >= 0.6 is 0 Å². The lowest BCUT2D eigenvalue weighted by Crippen LogP contribution is -2.32. The predicted molar refractivity (Wildman–Crippen MR) is 130 cm³/mol. The van der Waals surface area contributed by atoms with Crippen LogP contribution in [0.25, 0.3) is 22.2 Å². The topological polar surface area (TPSA) is 149 Å². The Kier molecular flexibility index (Phi) is 8.97. The van der Waals surface area contributed by atoms with Crippen molar-refractivity contribution in [1.82, 2.24) is 24.6 Å². The van der Waals surface area contributed by atoms with Crippen LogP contribution in [0, 0.1) is 0 Å². The van der Waals surface area contributed by atoms with Crippen molar-refractivity contribution in [3.8, 4) is 11.1 Å². The molecule has 0 aliphatic heterocycles. The summed E-state index contributed by atoms with van der Waals surface area (Å²) < 4.78 is 33.8. The van der Waals surface area contributed by atoms with Gasteiger partial charge in [-0.2, -0.15) is 12.7 Å². The molecule has 0 aliphatic rings. The quantitative estimate of drug-likeness (QED) is 0.205. The number of nitrogens with zero attached hydrogens (tertiary/aromatic N) is 3. The third kappa shape index (κ3) is 7.24. The number of nitrogens with one attached hydrogen (secondary N) is 2. The number of fused-ring (bicyclic) bond motifs is 1. The minimum absolute atomic E-state index is 0.178. The number of hydrogen-bond acceptors (Lipinski definition) is 5. The van der Waals surface area contributed by atoms with Crippen LogP contribution in [0.2, 0.25) is 0 Å². The first-order valence-corrected chi connectivity index (χ1v) is 12.8. The Labute approximate surface area is 199 Å². The van der Waals surface area contributed by atoms with Gasteiger partial charge >= 0.3 is 16.4 Å². The lowest BCUT2D eigenvalue weighted by atomic mass is 10.1. The second-order valence-electron chi connectivity index (χ2n) is 8.17. The van der Waals surface area contributed by atoms with Gasteiger partial charge in [0.05, 0.1) is 17.1 Å². The molecule has 1 unspecified atom stereocenters. The van der Waals surface area contributed by atoms with E-state index >= 15 is 0 Å². The average molecular weight is 490 g/mol. The van der Waals surface area contributed by atoms with Crippen LogP contribution in [0.4, 0.5) is 4.79 Å². The van der Waals surface area contributed by atoms with Gasteiger partial charge in [0, 0.05) is 25.5 Å². The molecular weight excluding hydrogens is 458 g/mol. The van der Waals surface area contributed by atoms with Gasteiger partial charge in [0.2, 0.25) is 0 Å². The maximum atomic E-state index is 11.6. The third-order valence-electron chi connectivity index (χ3n) is 5.63. The highest BCUT2D eigenvalue weighted by Gasteiger charge is 2.20. The van der Waals surface area contributed by atoms with E-state index in [1.165, 1.54) is 0 Å². The van der Waals surface area contributed by atoms with Gasteiger partial charge in [-0.3, -0.25) is 9.54 Å². The summed E-state index contributed by atoms with van der Waals surface area (Å²) in [6, 6.07) is 9.03. The molecule has 0 saturated carbocycles. The van der Waals surface area contributed by atoms with Gasteiger partial charge in [-0.25, -0.2) is 9.78 Å². The van der Waals surface area contributed by atoms with E-state index in [1.807, 2.05) is 37.3 Å². The summed E-state index contributed by atoms with van der Waals surface area (Å²) in [5.74, 6) is 0.499. The van der Waals surface area contributed by atoms with Gasteiger partial charge < -0.3 is 15.4 Å². The summed E-state index contributed by atoms with van der Waals surface area (Å²) >= 11 is 0. The zero-order valence-corrected chi connectivity index (χ0v) is 20.0. The molecule has 1 amide bonds. The van der Waals surface area contributed by atoms with E-state index in [-0.39, 0.29) is 13.1 Å². The molecule has 184 valence electrons. The molecule has 11 heteroatoms. The Morgan fingerprint density at radius 2 is 1.79 bits per heavy atom. The SMILES string of the molecule is CCCCCN(CCCCC(NC(=O)O)c1nc2ccc(-c3ccncc3)cc2[nH]1)S(=O)(=O)O. The summed E-state index contributed by atoms with van der Waals surface area (Å²) in [7, 11) is -4.26. The van der Waals surface area contributed by atoms with E-state index in [1.54, 1.807) is 12.4 Å². The van der Waals surface area contributed by atoms with Gasteiger partial charge in [0.25, 0.3) is 0 Å². The fourth-order valence-corrected chi connectivity index (χ4v) is 4.58. The molecule has 0 radical (unpaired) electrons. The van der Waals surface area contributed by atoms with Gasteiger partial charge in [0.1, 0.15) is 5.82 Å². The molecule has 0 saturated heterocycles. The third-order valence-corrected chi connectivity index (χ3v) is 6.65. The standard InChI is InChI=1S/C23H31N5O5S/c1-2-3-5-14-28(34(31,32)33)15-6-4-7-20(27-23(29)30)22-25-19-9-8-18(16-21(19)26-22)17-10-12-24-13-11-17/h8-13,16,20,27H,2-7,14-15H2,1H3,(H,25,26)(H,29,30)(H,31,32,33). The molecule has 0 bridgehead atoms. The number of aromatic nitrogens is 3. The molecule has 1 aromatic carbocycles. The second kappa shape index (κ2) is 11.9. The predicted octanol–water partition coefficient (Wildman–Crippen LogP) is 4.40. The van der Waals surface area contributed by atoms with Crippen molar-refractivity contribution in [2.75, 3.05) is 13.1 Å². The first kappa shape index (κ1) is 25.6. The zero-order valence-electron chi connectivity index (χ0n) is 19.1. The number of pyridine rings is 1. The number of rotatable bonds is 13. The number of aromatic amines is 1. The summed E-state index contributed by atoms with van der Waals surface area (Å²) in [6.45, 7) is 2.47. The Morgan fingerprint density at radius 1 is 1.09 bits per heavy atom. The highest BCUT2D eigenvalue weighted by atomic mass is 32.2. The molecule has 2 aromatic heterocycles. The Hall–Kier alpha value is -3.02. The fraction of sp³-hybridized carbons (Fsp3) is 0.435. The number of imidazole rings is 1. The number of hydrogen-bond donors (Lipinski definition) is 4. The van der Waals surface area contributed by atoms with Crippen LogP contribution in [0.1, 0.15) is 57.3 Å². The van der Waals surface area contributed by atoms with Crippen molar-refractivity contribution >= 4 is 27.4 Å². The number of H-pyrrole nitrogens is 1. The summed E-state index contributed by atoms with van der Waals surface area (Å²) in [5.41, 5.74) is 3.50. The van der Waals surface area contributed by atoms with Crippen LogP contribution in [0.15, 0.2) is 42.7 Å². The maximum Gasteiger partial charge on any atom is 0.405 e. The summed E-state index contributed by atoms with van der Waals surface area (Å²) in [6.07, 6.45) is 6.24. The number of carboxylic acid groups (broad SMARTS) is 1. The van der Waals surface area contributed by atoms with E-state index in [9.17, 15) is 22.9 Å². The van der Waals surface area contributed by atoms with Gasteiger partial charge in [0.15, 0.2) is 0 Å². The fourth-order valence-electron chi connectivity index (χ4n) is 3.86. The highest BCUT2D eigenvalue weighted by molar-refractivity contribution is 7.83. The van der Waals surface area contributed by atoms with Crippen molar-refractivity contribution in [2.24, 2.45) is 0 Å². The van der Waals surface area contributed by atoms with E-state index in [4.69, 9.17) is 0 Å². The van der Waals surface area contributed by atoms with E-state index in [0.29, 0.717) is 31.5 Å². The van der Waals surface area contributed by atoms with Gasteiger partial charge in [-0.15, -0.1) is 0 Å². The van der Waals surface area contributed by atoms with Crippen molar-refractivity contribution in [1.29, 1.82) is 0 Å². The van der Waals surface area contributed by atoms with E-state index in [2.05, 4.69) is 20.3 Å². The summed E-state index contributed by atoms with van der Waals surface area (Å²) in [5, 5.41) is 11.8. The molecule has 2 heterocycles. The number of benzene rings is 1. The van der Waals surface area contributed by atoms with Gasteiger partial charge in [-0.1, -0.05) is 25.8 Å². The van der Waals surface area contributed by atoms with Crippen LogP contribution in [-0.2, 0) is 10.3 Å². The molecular formula is C23H31N5O5S. The first-order valence-electron chi connectivity index (χ1n) is 11.4. The van der Waals surface area contributed by atoms with Crippen LogP contribution in [0.5, 0.6) is 0 Å². The molecule has 3 rings (SSSR count). The zero-order chi connectivity index (χ0) is 24.6. The van der Waals surface area contributed by atoms with E-state index < -0.39 is 22.4 Å². The first-order chi connectivity index (χ1) is 16.3. The average Bonchev–Trinajstić information content (AvgIpc) is 3.23. The van der Waals surface area contributed by atoms with Crippen molar-refractivity contribution in [3.05, 3.63) is 48.5 Å². The molecule has 0 aliphatic carbocycles. The van der Waals surface area contributed by atoms with Gasteiger partial charge in [-0.05, 0) is 61.1 Å². The smallest absolute Gasteiger partial charge is 0.405 e. The van der Waals surface area contributed by atoms with Crippen LogP contribution in [-0.4, -0.2) is 56.5 Å². The number of amides is 1. The lowest BCUT2D eigenvalue weighted by molar-refractivity contribution is 0.188. The Bertz CT molecular complexity index is 1180.